The number of ether oxygens (including phenoxy) is 1. The third-order valence-corrected chi connectivity index (χ3v) is 6.77. The largest absolute Gasteiger partial charge is 0.462 e. The molecule has 0 saturated carbocycles. The van der Waals surface area contributed by atoms with Crippen molar-refractivity contribution in [1.82, 2.24) is 10.2 Å². The number of hydrogen-bond donors (Lipinski definition) is 2. The van der Waals surface area contributed by atoms with Crippen LogP contribution in [0.1, 0.15) is 49.7 Å². The number of nitrogens with zero attached hydrogens (tertiary/aromatic N) is 1. The Balaban J connectivity index is 1.50. The Morgan fingerprint density at radius 3 is 2.21 bits per heavy atom. The Morgan fingerprint density at radius 1 is 0.974 bits per heavy atom. The Morgan fingerprint density at radius 2 is 1.61 bits per heavy atom. The van der Waals surface area contributed by atoms with Gasteiger partial charge < -0.3 is 20.3 Å². The second kappa shape index (κ2) is 12.0. The van der Waals surface area contributed by atoms with Crippen molar-refractivity contribution in [2.75, 3.05) is 18.5 Å². The molecule has 0 fully saturated rings. The summed E-state index contributed by atoms with van der Waals surface area (Å²) in [4.78, 5) is 27.9. The SMILES string of the molecule is CCN1C(=S)NC(c2ccc(NC(=O)c3ccc(-c4ccccc4)cc3)cc2)C(C(=O)OCC(C)C)=C1C. The third kappa shape index (κ3) is 6.11. The van der Waals surface area contributed by atoms with Gasteiger partial charge in [0, 0.05) is 23.5 Å². The second-order valence-corrected chi connectivity index (χ2v) is 10.0. The molecule has 0 aliphatic carbocycles. The normalized spacial score (nSPS) is 15.3. The van der Waals surface area contributed by atoms with Crippen molar-refractivity contribution in [3.05, 3.63) is 101 Å². The van der Waals surface area contributed by atoms with Crippen LogP contribution in [0, 0.1) is 5.92 Å². The fourth-order valence-electron chi connectivity index (χ4n) is 4.40. The number of hydrogen-bond acceptors (Lipinski definition) is 4. The van der Waals surface area contributed by atoms with Crippen molar-refractivity contribution in [3.8, 4) is 11.1 Å². The topological polar surface area (TPSA) is 70.7 Å². The molecule has 0 aromatic heterocycles. The molecule has 38 heavy (non-hydrogen) atoms. The van der Waals surface area contributed by atoms with Crippen molar-refractivity contribution >= 4 is 34.9 Å². The average Bonchev–Trinajstić information content (AvgIpc) is 2.92. The van der Waals surface area contributed by atoms with E-state index in [0.717, 1.165) is 22.4 Å². The Kier molecular flexibility index (Phi) is 8.59. The van der Waals surface area contributed by atoms with E-state index in [2.05, 4.69) is 10.6 Å². The van der Waals surface area contributed by atoms with E-state index in [1.54, 1.807) is 0 Å². The lowest BCUT2D eigenvalue weighted by atomic mass is 9.94. The summed E-state index contributed by atoms with van der Waals surface area (Å²) in [5.74, 6) is -0.316. The molecule has 7 heteroatoms. The molecule has 0 spiro atoms. The van der Waals surface area contributed by atoms with Crippen LogP contribution in [0.3, 0.4) is 0 Å². The number of anilines is 1. The number of thiocarbonyl (C=S) groups is 1. The van der Waals surface area contributed by atoms with Gasteiger partial charge in [-0.25, -0.2) is 4.79 Å². The van der Waals surface area contributed by atoms with Gasteiger partial charge >= 0.3 is 5.97 Å². The van der Waals surface area contributed by atoms with Crippen LogP contribution in [-0.2, 0) is 9.53 Å². The first-order valence-corrected chi connectivity index (χ1v) is 13.2. The molecule has 4 rings (SSSR count). The first kappa shape index (κ1) is 27.1. The summed E-state index contributed by atoms with van der Waals surface area (Å²) in [6.07, 6.45) is 0. The van der Waals surface area contributed by atoms with Gasteiger partial charge in [0.05, 0.1) is 18.2 Å². The number of benzene rings is 3. The molecule has 1 aliphatic heterocycles. The van der Waals surface area contributed by atoms with Gasteiger partial charge in [-0.1, -0.05) is 68.4 Å². The van der Waals surface area contributed by atoms with Gasteiger partial charge in [-0.3, -0.25) is 4.79 Å². The quantitative estimate of drug-likeness (QED) is 0.264. The standard InChI is InChI=1S/C31H33N3O3S/c1-5-34-21(4)27(30(36)37-19-20(2)3)28(33-31(34)38)24-15-17-26(18-16-24)32-29(35)25-13-11-23(12-14-25)22-9-7-6-8-10-22/h6-18,20,28H,5,19H2,1-4H3,(H,32,35)(H,33,38). The number of carbonyl (C=O) groups is 2. The highest BCUT2D eigenvalue weighted by molar-refractivity contribution is 7.80. The van der Waals surface area contributed by atoms with Gasteiger partial charge in [-0.05, 0) is 72.9 Å². The van der Waals surface area contributed by atoms with E-state index in [1.807, 2.05) is 111 Å². The lowest BCUT2D eigenvalue weighted by molar-refractivity contribution is -0.140. The Bertz CT molecular complexity index is 1330. The predicted octanol–water partition coefficient (Wildman–Crippen LogP) is 6.33. The fraction of sp³-hybridized carbons (Fsp3) is 0.258. The molecule has 0 radical (unpaired) electrons. The van der Waals surface area contributed by atoms with E-state index in [9.17, 15) is 9.59 Å². The summed E-state index contributed by atoms with van der Waals surface area (Å²) in [5, 5.41) is 6.81. The molecule has 6 nitrogen and oxygen atoms in total. The van der Waals surface area contributed by atoms with Crippen LogP contribution in [0.4, 0.5) is 5.69 Å². The molecule has 1 heterocycles. The highest BCUT2D eigenvalue weighted by atomic mass is 32.1. The Labute approximate surface area is 229 Å². The first-order chi connectivity index (χ1) is 18.3. The van der Waals surface area contributed by atoms with Gasteiger partial charge in [0.2, 0.25) is 0 Å². The monoisotopic (exact) mass is 527 g/mol. The number of amides is 1. The molecule has 1 atom stereocenters. The smallest absolute Gasteiger partial charge is 0.338 e. The van der Waals surface area contributed by atoms with E-state index in [0.29, 0.717) is 35.1 Å². The van der Waals surface area contributed by atoms with Gasteiger partial charge in [0.15, 0.2) is 5.11 Å². The summed E-state index contributed by atoms with van der Waals surface area (Å²) in [6.45, 7) is 8.88. The van der Waals surface area contributed by atoms with E-state index in [1.165, 1.54) is 0 Å². The lowest BCUT2D eigenvalue weighted by Crippen LogP contribution is -2.47. The molecular formula is C31H33N3O3S. The summed E-state index contributed by atoms with van der Waals surface area (Å²) >= 11 is 5.57. The molecule has 1 aliphatic rings. The molecule has 2 N–H and O–H groups in total. The van der Waals surface area contributed by atoms with Gasteiger partial charge in [-0.15, -0.1) is 0 Å². The second-order valence-electron chi connectivity index (χ2n) is 9.64. The molecule has 1 unspecified atom stereocenters. The van der Waals surface area contributed by atoms with Crippen molar-refractivity contribution in [2.45, 2.75) is 33.7 Å². The zero-order valence-electron chi connectivity index (χ0n) is 22.2. The molecule has 0 saturated heterocycles. The van der Waals surface area contributed by atoms with Crippen LogP contribution >= 0.6 is 12.2 Å². The third-order valence-electron chi connectivity index (χ3n) is 6.44. The van der Waals surface area contributed by atoms with Crippen LogP contribution in [-0.4, -0.2) is 35.0 Å². The maximum absolute atomic E-state index is 13.1. The molecule has 1 amide bonds. The maximum atomic E-state index is 13.1. The van der Waals surface area contributed by atoms with Crippen LogP contribution in [0.2, 0.25) is 0 Å². The van der Waals surface area contributed by atoms with Gasteiger partial charge in [-0.2, -0.15) is 0 Å². The predicted molar refractivity (Wildman–Crippen MR) is 156 cm³/mol. The minimum Gasteiger partial charge on any atom is -0.462 e. The summed E-state index contributed by atoms with van der Waals surface area (Å²) in [6, 6.07) is 24.6. The zero-order chi connectivity index (χ0) is 27.2. The number of nitrogens with one attached hydrogen (secondary N) is 2. The van der Waals surface area contributed by atoms with Crippen LogP contribution in [0.25, 0.3) is 11.1 Å². The van der Waals surface area contributed by atoms with E-state index < -0.39 is 6.04 Å². The summed E-state index contributed by atoms with van der Waals surface area (Å²) in [7, 11) is 0. The number of esters is 1. The van der Waals surface area contributed by atoms with Crippen LogP contribution in [0.15, 0.2) is 90.1 Å². The van der Waals surface area contributed by atoms with Crippen molar-refractivity contribution in [2.24, 2.45) is 5.92 Å². The maximum Gasteiger partial charge on any atom is 0.338 e. The van der Waals surface area contributed by atoms with E-state index in [4.69, 9.17) is 17.0 Å². The molecule has 3 aromatic carbocycles. The summed E-state index contributed by atoms with van der Waals surface area (Å²) in [5.41, 5.74) is 5.55. The highest BCUT2D eigenvalue weighted by Crippen LogP contribution is 2.32. The van der Waals surface area contributed by atoms with Crippen LogP contribution in [0.5, 0.6) is 0 Å². The van der Waals surface area contributed by atoms with E-state index in [-0.39, 0.29) is 17.8 Å². The average molecular weight is 528 g/mol. The number of carbonyl (C=O) groups excluding carboxylic acids is 2. The number of allylic oxidation sites excluding steroid dienone is 1. The fourth-order valence-corrected chi connectivity index (χ4v) is 4.79. The molecular weight excluding hydrogens is 494 g/mol. The highest BCUT2D eigenvalue weighted by Gasteiger charge is 2.34. The van der Waals surface area contributed by atoms with Gasteiger partial charge in [0.25, 0.3) is 5.91 Å². The molecule has 196 valence electrons. The van der Waals surface area contributed by atoms with Crippen molar-refractivity contribution in [3.63, 3.8) is 0 Å². The molecule has 0 bridgehead atoms. The minimum absolute atomic E-state index is 0.193. The van der Waals surface area contributed by atoms with Crippen molar-refractivity contribution in [1.29, 1.82) is 0 Å². The van der Waals surface area contributed by atoms with Crippen molar-refractivity contribution < 1.29 is 14.3 Å². The molecule has 3 aromatic rings. The summed E-state index contributed by atoms with van der Waals surface area (Å²) < 4.78 is 5.59. The zero-order valence-corrected chi connectivity index (χ0v) is 23.0. The Hall–Kier alpha value is -3.97. The number of rotatable bonds is 8. The first-order valence-electron chi connectivity index (χ1n) is 12.8. The van der Waals surface area contributed by atoms with E-state index >= 15 is 0 Å². The minimum atomic E-state index is -0.444. The van der Waals surface area contributed by atoms with Gasteiger partial charge in [0.1, 0.15) is 0 Å². The lowest BCUT2D eigenvalue weighted by Gasteiger charge is -2.37. The van der Waals surface area contributed by atoms with Crippen LogP contribution < -0.4 is 10.6 Å².